The minimum atomic E-state index is -4.68. The second kappa shape index (κ2) is 6.17. The molecule has 0 aromatic heterocycles. The van der Waals surface area contributed by atoms with Gasteiger partial charge < -0.3 is 10.1 Å². The summed E-state index contributed by atoms with van der Waals surface area (Å²) >= 11 is 3.41. The molecule has 0 aliphatic rings. The summed E-state index contributed by atoms with van der Waals surface area (Å²) in [5.74, 6) is -0.241. The molecule has 0 bridgehead atoms. The molecule has 20 heavy (non-hydrogen) atoms. The van der Waals surface area contributed by atoms with Crippen molar-refractivity contribution in [2.24, 2.45) is 0 Å². The maximum Gasteiger partial charge on any atom is 0.573 e. The van der Waals surface area contributed by atoms with Crippen molar-refractivity contribution in [2.45, 2.75) is 12.9 Å². The van der Waals surface area contributed by atoms with Gasteiger partial charge in [-0.2, -0.15) is 0 Å². The number of halogens is 4. The van der Waals surface area contributed by atoms with Crippen LogP contribution in [0.25, 0.3) is 0 Å². The molecule has 1 N–H and O–H groups in total. The number of hydrogen-bond donors (Lipinski definition) is 1. The van der Waals surface area contributed by atoms with Gasteiger partial charge in [-0.3, -0.25) is 0 Å². The fourth-order valence-corrected chi connectivity index (χ4v) is 2.07. The molecule has 0 amide bonds. The van der Waals surface area contributed by atoms with Gasteiger partial charge in [-0.25, -0.2) is 0 Å². The molecule has 0 saturated carbocycles. The zero-order valence-corrected chi connectivity index (χ0v) is 11.8. The highest BCUT2D eigenvalue weighted by molar-refractivity contribution is 9.10. The number of alkyl halides is 3. The van der Waals surface area contributed by atoms with Crippen LogP contribution in [0.1, 0.15) is 5.56 Å². The van der Waals surface area contributed by atoms with E-state index < -0.39 is 6.36 Å². The molecule has 0 fully saturated rings. The van der Waals surface area contributed by atoms with Gasteiger partial charge in [-0.15, -0.1) is 13.2 Å². The largest absolute Gasteiger partial charge is 0.573 e. The molecule has 0 unspecified atom stereocenters. The first-order chi connectivity index (χ1) is 9.44. The summed E-state index contributed by atoms with van der Waals surface area (Å²) in [7, 11) is 0. The van der Waals surface area contributed by atoms with E-state index in [4.69, 9.17) is 0 Å². The molecule has 0 aliphatic heterocycles. The summed E-state index contributed by atoms with van der Waals surface area (Å²) in [4.78, 5) is 0. The average molecular weight is 346 g/mol. The third kappa shape index (κ3) is 4.45. The molecule has 2 aromatic rings. The van der Waals surface area contributed by atoms with Gasteiger partial charge in [0.05, 0.1) is 0 Å². The standard InChI is InChI=1S/C14H11BrF3NO/c15-13-7-2-1-4-10(13)9-19-11-5-3-6-12(8-11)20-14(16,17)18/h1-8,19H,9H2. The minimum Gasteiger partial charge on any atom is -0.406 e. The van der Waals surface area contributed by atoms with Crippen molar-refractivity contribution in [2.75, 3.05) is 5.32 Å². The topological polar surface area (TPSA) is 21.3 Å². The normalized spacial score (nSPS) is 11.2. The lowest BCUT2D eigenvalue weighted by molar-refractivity contribution is -0.274. The number of benzene rings is 2. The molecule has 6 heteroatoms. The van der Waals surface area contributed by atoms with E-state index in [-0.39, 0.29) is 5.75 Å². The van der Waals surface area contributed by atoms with Crippen molar-refractivity contribution in [3.63, 3.8) is 0 Å². The highest BCUT2D eigenvalue weighted by Crippen LogP contribution is 2.25. The zero-order chi connectivity index (χ0) is 14.6. The van der Waals surface area contributed by atoms with Gasteiger partial charge in [0, 0.05) is 22.8 Å². The van der Waals surface area contributed by atoms with Gasteiger partial charge in [0.15, 0.2) is 0 Å². The number of nitrogens with one attached hydrogen (secondary N) is 1. The molecule has 0 atom stereocenters. The van der Waals surface area contributed by atoms with Crippen molar-refractivity contribution in [1.82, 2.24) is 0 Å². The first-order valence-corrected chi connectivity index (χ1v) is 6.56. The van der Waals surface area contributed by atoms with Crippen LogP contribution in [0, 0.1) is 0 Å². The number of anilines is 1. The van der Waals surface area contributed by atoms with Crippen LogP contribution in [0.15, 0.2) is 53.0 Å². The Hall–Kier alpha value is -1.69. The lowest BCUT2D eigenvalue weighted by Gasteiger charge is -2.11. The maximum atomic E-state index is 12.1. The Morgan fingerprint density at radius 2 is 1.80 bits per heavy atom. The third-order valence-electron chi connectivity index (χ3n) is 2.51. The van der Waals surface area contributed by atoms with Crippen LogP contribution in [0.5, 0.6) is 5.75 Å². The highest BCUT2D eigenvalue weighted by atomic mass is 79.9. The Kier molecular flexibility index (Phi) is 4.54. The van der Waals surface area contributed by atoms with E-state index >= 15 is 0 Å². The predicted octanol–water partition coefficient (Wildman–Crippen LogP) is 4.96. The van der Waals surface area contributed by atoms with E-state index in [1.165, 1.54) is 18.2 Å². The number of rotatable bonds is 4. The fraction of sp³-hybridized carbons (Fsp3) is 0.143. The Morgan fingerprint density at radius 3 is 2.50 bits per heavy atom. The fourth-order valence-electron chi connectivity index (χ4n) is 1.64. The van der Waals surface area contributed by atoms with Gasteiger partial charge in [-0.1, -0.05) is 40.2 Å². The molecule has 2 nitrogen and oxygen atoms in total. The second-order valence-corrected chi connectivity index (χ2v) is 4.87. The zero-order valence-electron chi connectivity index (χ0n) is 10.2. The Labute approximate surface area is 122 Å². The summed E-state index contributed by atoms with van der Waals surface area (Å²) in [5, 5.41) is 3.05. The van der Waals surface area contributed by atoms with Gasteiger partial charge in [0.1, 0.15) is 5.75 Å². The number of hydrogen-bond acceptors (Lipinski definition) is 2. The van der Waals surface area contributed by atoms with Crippen molar-refractivity contribution in [3.05, 3.63) is 58.6 Å². The molecule has 0 radical (unpaired) electrons. The molecule has 0 heterocycles. The molecular formula is C14H11BrF3NO. The van der Waals surface area contributed by atoms with Gasteiger partial charge in [0.2, 0.25) is 0 Å². The van der Waals surface area contributed by atoms with Crippen LogP contribution < -0.4 is 10.1 Å². The summed E-state index contributed by atoms with van der Waals surface area (Å²) < 4.78 is 41.2. The first-order valence-electron chi connectivity index (χ1n) is 5.77. The van der Waals surface area contributed by atoms with Crippen LogP contribution in [-0.2, 0) is 6.54 Å². The summed E-state index contributed by atoms with van der Waals surface area (Å²) in [6.45, 7) is 0.497. The quantitative estimate of drug-likeness (QED) is 0.845. The molecule has 0 aliphatic carbocycles. The van der Waals surface area contributed by atoms with E-state index in [0.29, 0.717) is 12.2 Å². The molecule has 0 spiro atoms. The van der Waals surface area contributed by atoms with Gasteiger partial charge in [-0.05, 0) is 23.8 Å². The van der Waals surface area contributed by atoms with Crippen LogP contribution in [-0.4, -0.2) is 6.36 Å². The molecule has 0 saturated heterocycles. The molecular weight excluding hydrogens is 335 g/mol. The van der Waals surface area contributed by atoms with Crippen molar-refractivity contribution < 1.29 is 17.9 Å². The van der Waals surface area contributed by atoms with Crippen LogP contribution >= 0.6 is 15.9 Å². The third-order valence-corrected chi connectivity index (χ3v) is 3.28. The summed E-state index contributed by atoms with van der Waals surface area (Å²) in [6.07, 6.45) is -4.68. The SMILES string of the molecule is FC(F)(F)Oc1cccc(NCc2ccccc2Br)c1. The monoisotopic (exact) mass is 345 g/mol. The molecule has 2 aromatic carbocycles. The highest BCUT2D eigenvalue weighted by Gasteiger charge is 2.31. The lowest BCUT2D eigenvalue weighted by atomic mass is 10.2. The van der Waals surface area contributed by atoms with E-state index in [1.807, 2.05) is 24.3 Å². The summed E-state index contributed by atoms with van der Waals surface area (Å²) in [5.41, 5.74) is 1.57. The van der Waals surface area contributed by atoms with E-state index in [0.717, 1.165) is 10.0 Å². The Bertz CT molecular complexity index is 587. The first kappa shape index (κ1) is 14.7. The van der Waals surface area contributed by atoms with E-state index in [1.54, 1.807) is 6.07 Å². The molecule has 2 rings (SSSR count). The second-order valence-electron chi connectivity index (χ2n) is 4.02. The van der Waals surface area contributed by atoms with Crippen molar-refractivity contribution in [1.29, 1.82) is 0 Å². The van der Waals surface area contributed by atoms with Crippen molar-refractivity contribution >= 4 is 21.6 Å². The van der Waals surface area contributed by atoms with Crippen LogP contribution in [0.3, 0.4) is 0 Å². The van der Waals surface area contributed by atoms with Gasteiger partial charge >= 0.3 is 6.36 Å². The van der Waals surface area contributed by atoms with E-state index in [9.17, 15) is 13.2 Å². The smallest absolute Gasteiger partial charge is 0.406 e. The Morgan fingerprint density at radius 1 is 1.05 bits per heavy atom. The summed E-state index contributed by atoms with van der Waals surface area (Å²) in [6, 6.07) is 13.4. The van der Waals surface area contributed by atoms with Gasteiger partial charge in [0.25, 0.3) is 0 Å². The maximum absolute atomic E-state index is 12.1. The minimum absolute atomic E-state index is 0.241. The Balaban J connectivity index is 2.03. The predicted molar refractivity (Wildman–Crippen MR) is 74.6 cm³/mol. The average Bonchev–Trinajstić information content (AvgIpc) is 2.36. The van der Waals surface area contributed by atoms with E-state index in [2.05, 4.69) is 26.0 Å². The van der Waals surface area contributed by atoms with Crippen molar-refractivity contribution in [3.8, 4) is 5.75 Å². The van der Waals surface area contributed by atoms with Crippen LogP contribution in [0.4, 0.5) is 18.9 Å². The van der Waals surface area contributed by atoms with Crippen LogP contribution in [0.2, 0.25) is 0 Å². The lowest BCUT2D eigenvalue weighted by Crippen LogP contribution is -2.17. The molecule has 106 valence electrons. The number of ether oxygens (including phenoxy) is 1.